The summed E-state index contributed by atoms with van der Waals surface area (Å²) < 4.78 is 52.2. The van der Waals surface area contributed by atoms with Gasteiger partial charge in [0.15, 0.2) is 22.2 Å². The minimum absolute atomic E-state index is 0.0238. The average Bonchev–Trinajstić information content (AvgIpc) is 1.61. The number of aromatic nitrogens is 22. The molecular weight excluding hydrogens is 1870 g/mol. The number of carboxylic acid groups (broad SMARTS) is 1. The molecule has 1 saturated heterocycles. The van der Waals surface area contributed by atoms with E-state index in [0.717, 1.165) is 24.6 Å². The van der Waals surface area contributed by atoms with Gasteiger partial charge >= 0.3 is 13.1 Å². The number of nitrogens with two attached hydrogens (primary N) is 1. The quantitative estimate of drug-likeness (QED) is 0.0383. The van der Waals surface area contributed by atoms with Crippen LogP contribution in [0.4, 0.5) is 11.4 Å². The third-order valence-corrected chi connectivity index (χ3v) is 18.6. The van der Waals surface area contributed by atoms with Crippen molar-refractivity contribution in [3.8, 4) is 57.8 Å². The van der Waals surface area contributed by atoms with Crippen LogP contribution in [-0.2, 0) is 22.5 Å². The summed E-state index contributed by atoms with van der Waals surface area (Å²) in [5, 5.41) is 29.3. The molecule has 126 heavy (non-hydrogen) atoms. The Balaban J connectivity index is 0.000000134. The number of anilines is 2. The number of carbonyl (C=O) groups is 2. The Kier molecular flexibility index (Phi) is 31.2. The Morgan fingerprint density at radius 1 is 0.500 bits per heavy atom. The predicted octanol–water partition coefficient (Wildman–Crippen LogP) is 13.5. The molecule has 2 aliphatic heterocycles. The number of aliphatic hydroxyl groups is 1. The SMILES string of the molecule is Brc1cnc2oc(-c3cnccn3)nc2c1.CC1(C)OB(c2cnc3oc(-c4cnccn4)nc3c2)OC1(C)C.COc1ccc(CO)nc1.COc1ccc(COc2cnc3oc(-c4cnccn4)nc3c2)nc1.Nc1cc(Br)cnc1Cl.O=C(Nc1cc(Br)cnc1Cl)c1cnccn1.O=C(O)c1cnccn1.Oc1cnc2oc(C3=NC=[C+]N=C3)nc2c1. The zero-order valence-corrected chi connectivity index (χ0v) is 72.5. The average molecular weight is 1930 g/mol. The molecule has 1 amide bonds. The van der Waals surface area contributed by atoms with Crippen molar-refractivity contribution >= 4 is 164 Å². The number of nitrogen functional groups attached to an aromatic ring is 1. The number of fused-ring (bicyclic) bond motifs is 4. The number of rotatable bonds is 14. The first kappa shape index (κ1) is 90.6. The summed E-state index contributed by atoms with van der Waals surface area (Å²) in [6.07, 6.45) is 40.6. The van der Waals surface area contributed by atoms with Gasteiger partial charge in [-0.3, -0.25) is 39.7 Å². The Hall–Kier alpha value is -14.6. The summed E-state index contributed by atoms with van der Waals surface area (Å²) in [6.45, 7) is 8.35. The number of carbonyl (C=O) groups excluding carboxylic acids is 1. The van der Waals surface area contributed by atoms with Crippen LogP contribution in [0.3, 0.4) is 0 Å². The number of amides is 1. The number of nitrogens with one attached hydrogen (secondary N) is 1. The van der Waals surface area contributed by atoms with Crippen molar-refractivity contribution in [2.75, 3.05) is 25.3 Å². The molecule has 46 heteroatoms. The number of halogens is 5. The topological polar surface area (TPSA) is 540 Å². The van der Waals surface area contributed by atoms with E-state index < -0.39 is 24.3 Å². The van der Waals surface area contributed by atoms with Gasteiger partial charge in [0.25, 0.3) is 11.8 Å². The first-order valence-electron chi connectivity index (χ1n) is 36.3. The maximum Gasteiger partial charge on any atom is 0.496 e. The van der Waals surface area contributed by atoms with Crippen molar-refractivity contribution < 1.29 is 66.1 Å². The molecule has 2 aliphatic rings. The van der Waals surface area contributed by atoms with Crippen molar-refractivity contribution in [1.82, 2.24) is 110 Å². The smallest absolute Gasteiger partial charge is 0.496 e. The van der Waals surface area contributed by atoms with Gasteiger partial charge in [-0.1, -0.05) is 23.2 Å². The number of oxazole rings is 4. The van der Waals surface area contributed by atoms with E-state index in [1.165, 1.54) is 61.9 Å². The second kappa shape index (κ2) is 43.4. The molecule has 0 unspecified atom stereocenters. The van der Waals surface area contributed by atoms with E-state index >= 15 is 0 Å². The minimum Gasteiger partial charge on any atom is -0.506 e. The van der Waals surface area contributed by atoms with Crippen LogP contribution in [0.2, 0.25) is 10.3 Å². The molecule has 17 aromatic heterocycles. The summed E-state index contributed by atoms with van der Waals surface area (Å²) in [5.74, 6) is 2.07. The number of aliphatic hydroxyl groups excluding tert-OH is 1. The van der Waals surface area contributed by atoms with Crippen LogP contribution in [-0.4, -0.2) is 181 Å². The number of aromatic carboxylic acids is 1. The lowest BCUT2D eigenvalue weighted by Crippen LogP contribution is -2.41. The zero-order chi connectivity index (χ0) is 89.1. The largest absolute Gasteiger partial charge is 0.506 e. The lowest BCUT2D eigenvalue weighted by atomic mass is 9.80. The third kappa shape index (κ3) is 25.3. The van der Waals surface area contributed by atoms with E-state index in [0.29, 0.717) is 137 Å². The molecule has 0 saturated carbocycles. The first-order chi connectivity index (χ1) is 60.9. The number of aromatic hydroxyl groups is 1. The number of hydrogen-bond acceptors (Lipinski definition) is 38. The van der Waals surface area contributed by atoms with Crippen LogP contribution in [0, 0.1) is 6.20 Å². The van der Waals surface area contributed by atoms with Crippen LogP contribution in [0.1, 0.15) is 66.0 Å². The molecule has 19 heterocycles. The molecule has 0 aromatic carbocycles. The van der Waals surface area contributed by atoms with Crippen molar-refractivity contribution in [3.63, 3.8) is 0 Å². The standard InChI is InChI=1S/C17H13N5O3.C16H17BN4O3.C10H6BrClN4O.C10H5BrN4O.C10H4N4O2.C7H9NO2.C5H4BrClN2.C5H4N2O2/c1-23-12-3-2-11(20-7-12)10-24-13-6-14-16(21-8-13)25-17(22-14)15-9-18-4-5-19-15;1-15(2)16(3,4)24-17(23-15)10-7-11-13(20-8-10)22-14(21-11)12-9-18-5-6-19-12;11-6-3-7(9(12)15-4-6)16-10(17)8-5-13-1-2-14-8;11-6-3-7-9(14-4-6)16-10(15-7)8-5-12-1-2-13-8;15-6-3-7-9(13-4-6)16-10(14-7)8-5-11-1-2-12-8;1-10-7-3-2-6(5-9)8-4-7;6-3-1-4(8)5(7)9-2-3;8-5(9)4-3-6-1-2-7-4/h2-9H,10H2,1H3;5-9H,1-4H3;1-5H,(H,16,17);1-5H;2-5H;2-4,9H,5H2,1H3;1-2H,8H2;1-3H,(H,8,9)/p+1. The Bertz CT molecular complexity index is 6580. The number of aliphatic imine (C=N–C) groups is 2. The Labute approximate surface area is 747 Å². The second-order valence-corrected chi connectivity index (χ2v) is 29.3. The highest BCUT2D eigenvalue weighted by atomic mass is 79.9. The van der Waals surface area contributed by atoms with Gasteiger partial charge in [-0.25, -0.2) is 79.6 Å². The van der Waals surface area contributed by atoms with Gasteiger partial charge in [0.05, 0.1) is 111 Å². The highest BCUT2D eigenvalue weighted by Crippen LogP contribution is 2.37. The Morgan fingerprint density at radius 2 is 0.960 bits per heavy atom. The monoisotopic (exact) mass is 1930 g/mol. The van der Waals surface area contributed by atoms with E-state index in [1.807, 2.05) is 52.0 Å². The highest BCUT2D eigenvalue weighted by Gasteiger charge is 2.52. The lowest BCUT2D eigenvalue weighted by molar-refractivity contribution is 0.00578. The fraction of sp³-hybridized carbons (Fsp3) is 0.125. The molecule has 6 N–H and O–H groups in total. The summed E-state index contributed by atoms with van der Waals surface area (Å²) in [6, 6.07) is 17.5. The number of hydrogen-bond donors (Lipinski definition) is 5. The molecule has 0 radical (unpaired) electrons. The molecule has 17 aromatic rings. The van der Waals surface area contributed by atoms with E-state index in [-0.39, 0.29) is 34.8 Å². The third-order valence-electron chi connectivity index (χ3n) is 16.6. The highest BCUT2D eigenvalue weighted by molar-refractivity contribution is 9.11. The molecule has 0 bridgehead atoms. The van der Waals surface area contributed by atoms with Gasteiger partial charge in [0, 0.05) is 118 Å². The summed E-state index contributed by atoms with van der Waals surface area (Å²) >= 11 is 21.1. The maximum absolute atomic E-state index is 11.8. The molecule has 0 atom stereocenters. The van der Waals surface area contributed by atoms with E-state index in [1.54, 1.807) is 144 Å². The molecule has 19 rings (SSSR count). The van der Waals surface area contributed by atoms with E-state index in [2.05, 4.69) is 179 Å². The predicted molar refractivity (Wildman–Crippen MR) is 467 cm³/mol. The van der Waals surface area contributed by atoms with Crippen molar-refractivity contribution in [3.05, 3.63) is 268 Å². The van der Waals surface area contributed by atoms with E-state index in [9.17, 15) is 14.7 Å². The van der Waals surface area contributed by atoms with Gasteiger partial charge in [-0.15, -0.1) is 0 Å². The normalized spacial score (nSPS) is 12.3. The number of ether oxygens (including phenoxy) is 3. The molecule has 0 spiro atoms. The fourth-order valence-electron chi connectivity index (χ4n) is 9.84. The zero-order valence-electron chi connectivity index (χ0n) is 66.2. The van der Waals surface area contributed by atoms with Crippen molar-refractivity contribution in [2.24, 2.45) is 9.98 Å². The van der Waals surface area contributed by atoms with Crippen molar-refractivity contribution in [1.29, 1.82) is 0 Å². The number of pyridine rings is 8. The van der Waals surface area contributed by atoms with Gasteiger partial charge in [-0.2, -0.15) is 4.99 Å². The minimum atomic E-state index is -1.05. The van der Waals surface area contributed by atoms with Crippen LogP contribution < -0.4 is 30.7 Å². The molecule has 0 aliphatic carbocycles. The number of methoxy groups -OCH3 is 2. The number of nitrogens with zero attached hydrogens (tertiary/aromatic N) is 24. The summed E-state index contributed by atoms with van der Waals surface area (Å²) in [4.78, 5) is 118. The van der Waals surface area contributed by atoms with Crippen LogP contribution >= 0.6 is 71.0 Å². The van der Waals surface area contributed by atoms with Crippen LogP contribution in [0.15, 0.2) is 250 Å². The summed E-state index contributed by atoms with van der Waals surface area (Å²) in [5.41, 5.74) is 14.2. The molecule has 634 valence electrons. The van der Waals surface area contributed by atoms with Crippen LogP contribution in [0.5, 0.6) is 23.0 Å². The number of carboxylic acids is 1. The molecule has 1 fully saturated rings. The maximum atomic E-state index is 11.8. The van der Waals surface area contributed by atoms with Gasteiger partial charge < -0.3 is 67.6 Å². The second-order valence-electron chi connectivity index (χ2n) is 25.8. The molecular formula is C80H63BBr3Cl2N26O14+. The molecule has 40 nitrogen and oxygen atoms in total. The van der Waals surface area contributed by atoms with Crippen LogP contribution in [0.25, 0.3) is 79.7 Å². The fourth-order valence-corrected chi connectivity index (χ4v) is 11.1. The van der Waals surface area contributed by atoms with E-state index in [4.69, 9.17) is 80.3 Å². The Morgan fingerprint density at radius 3 is 1.44 bits per heavy atom. The van der Waals surface area contributed by atoms with Crippen molar-refractivity contribution in [2.45, 2.75) is 52.1 Å². The van der Waals surface area contributed by atoms with Gasteiger partial charge in [0.2, 0.25) is 58.7 Å². The summed E-state index contributed by atoms with van der Waals surface area (Å²) in [7, 11) is 2.69. The lowest BCUT2D eigenvalue weighted by Gasteiger charge is -2.32. The van der Waals surface area contributed by atoms with Gasteiger partial charge in [0.1, 0.15) is 74.4 Å². The first-order valence-corrected chi connectivity index (χ1v) is 39.4. The van der Waals surface area contributed by atoms with Gasteiger partial charge in [-0.05, 0) is 129 Å².